The Morgan fingerprint density at radius 1 is 1.30 bits per heavy atom. The molecule has 1 fully saturated rings. The maximum Gasteiger partial charge on any atom is 0.189 e. The van der Waals surface area contributed by atoms with Crippen LogP contribution >= 0.6 is 6.49 Å². The molecule has 1 aliphatic rings. The van der Waals surface area contributed by atoms with Crippen molar-refractivity contribution in [3.63, 3.8) is 0 Å². The summed E-state index contributed by atoms with van der Waals surface area (Å²) in [6, 6.07) is 0. The van der Waals surface area contributed by atoms with E-state index in [2.05, 4.69) is 0 Å². The Balaban J connectivity index is 2.64. The molecule has 1 saturated heterocycles. The molecule has 2 nitrogen and oxygen atoms in total. The first-order chi connectivity index (χ1) is 4.57. The fourth-order valence-corrected chi connectivity index (χ4v) is 3.37. The third-order valence-electron chi connectivity index (χ3n) is 1.70. The highest BCUT2D eigenvalue weighted by Gasteiger charge is 2.33. The highest BCUT2D eigenvalue weighted by atomic mass is 32.5. The average Bonchev–Trinajstić information content (AvgIpc) is 2.10. The Kier molecular flexibility index (Phi) is 2.51. The normalized spacial score (nSPS) is 47.9. The average molecular weight is 180 g/mol. The predicted octanol–water partition coefficient (Wildman–Crippen LogP) is 2.14. The van der Waals surface area contributed by atoms with Gasteiger partial charge in [0.05, 0.1) is 12.2 Å². The van der Waals surface area contributed by atoms with Crippen LogP contribution in [0.15, 0.2) is 0 Å². The maximum atomic E-state index is 5.51. The molecule has 0 spiro atoms. The van der Waals surface area contributed by atoms with Crippen molar-refractivity contribution in [2.75, 3.05) is 6.16 Å². The SMILES string of the molecule is CCP1(=S)O[C@@H](C)[C@@H](C)O1. The van der Waals surface area contributed by atoms with Crippen LogP contribution < -0.4 is 0 Å². The molecule has 0 radical (unpaired) electrons. The van der Waals surface area contributed by atoms with E-state index in [9.17, 15) is 0 Å². The highest BCUT2D eigenvalue weighted by Crippen LogP contribution is 2.56. The molecule has 1 rings (SSSR count). The van der Waals surface area contributed by atoms with E-state index < -0.39 is 6.49 Å². The zero-order valence-corrected chi connectivity index (χ0v) is 8.24. The Morgan fingerprint density at radius 3 is 1.90 bits per heavy atom. The molecule has 0 amide bonds. The van der Waals surface area contributed by atoms with Crippen molar-refractivity contribution in [2.45, 2.75) is 33.0 Å². The van der Waals surface area contributed by atoms with Crippen LogP contribution in [0.3, 0.4) is 0 Å². The molecule has 0 aromatic rings. The third kappa shape index (κ3) is 1.59. The molecule has 0 aromatic carbocycles. The van der Waals surface area contributed by atoms with E-state index in [1.165, 1.54) is 0 Å². The van der Waals surface area contributed by atoms with Crippen molar-refractivity contribution in [1.29, 1.82) is 0 Å². The van der Waals surface area contributed by atoms with Crippen LogP contribution in [0, 0.1) is 0 Å². The summed E-state index contributed by atoms with van der Waals surface area (Å²) in [4.78, 5) is 0. The van der Waals surface area contributed by atoms with Gasteiger partial charge in [-0.25, -0.2) is 0 Å². The lowest BCUT2D eigenvalue weighted by Crippen LogP contribution is -2.13. The minimum absolute atomic E-state index is 0.186. The molecule has 4 heteroatoms. The van der Waals surface area contributed by atoms with Gasteiger partial charge < -0.3 is 9.05 Å². The largest absolute Gasteiger partial charge is 0.323 e. The van der Waals surface area contributed by atoms with Crippen LogP contribution in [0.1, 0.15) is 20.8 Å². The van der Waals surface area contributed by atoms with Gasteiger partial charge in [-0.05, 0) is 25.7 Å². The molecule has 1 unspecified atom stereocenters. The predicted molar refractivity (Wildman–Crippen MR) is 45.9 cm³/mol. The van der Waals surface area contributed by atoms with E-state index in [0.29, 0.717) is 0 Å². The minimum atomic E-state index is -1.83. The molecule has 0 N–H and O–H groups in total. The zero-order valence-electron chi connectivity index (χ0n) is 6.53. The Bertz CT molecular complexity index is 157. The molecule has 0 aliphatic carbocycles. The first kappa shape index (κ1) is 8.66. The molecule has 0 aromatic heterocycles. The van der Waals surface area contributed by atoms with Gasteiger partial charge in [0.1, 0.15) is 0 Å². The van der Waals surface area contributed by atoms with Crippen molar-refractivity contribution >= 4 is 18.3 Å². The van der Waals surface area contributed by atoms with Crippen LogP contribution in [-0.2, 0) is 20.9 Å². The van der Waals surface area contributed by atoms with Gasteiger partial charge in [-0.15, -0.1) is 0 Å². The fraction of sp³-hybridized carbons (Fsp3) is 1.00. The monoisotopic (exact) mass is 180 g/mol. The molecule has 60 valence electrons. The van der Waals surface area contributed by atoms with Gasteiger partial charge in [0.2, 0.25) is 0 Å². The molecular formula is C6H13O2PS. The molecule has 1 heterocycles. The summed E-state index contributed by atoms with van der Waals surface area (Å²) < 4.78 is 11.0. The number of rotatable bonds is 1. The maximum absolute atomic E-state index is 5.51. The van der Waals surface area contributed by atoms with Crippen LogP contribution in [0.25, 0.3) is 0 Å². The summed E-state index contributed by atoms with van der Waals surface area (Å²) in [5.74, 6) is 0. The van der Waals surface area contributed by atoms with E-state index in [-0.39, 0.29) is 12.2 Å². The van der Waals surface area contributed by atoms with Gasteiger partial charge in [-0.2, -0.15) is 0 Å². The molecule has 0 saturated carbocycles. The Morgan fingerprint density at radius 2 is 1.70 bits per heavy atom. The van der Waals surface area contributed by atoms with Gasteiger partial charge in [0.15, 0.2) is 6.49 Å². The van der Waals surface area contributed by atoms with E-state index in [1.807, 2.05) is 20.8 Å². The second-order valence-corrected chi connectivity index (χ2v) is 6.49. The van der Waals surface area contributed by atoms with Gasteiger partial charge in [-0.3, -0.25) is 0 Å². The summed E-state index contributed by atoms with van der Waals surface area (Å²) in [6.45, 7) is 4.21. The molecule has 10 heavy (non-hydrogen) atoms. The summed E-state index contributed by atoms with van der Waals surface area (Å²) in [5, 5.41) is 0. The lowest BCUT2D eigenvalue weighted by Gasteiger charge is -2.09. The topological polar surface area (TPSA) is 18.5 Å². The number of hydrogen-bond donors (Lipinski definition) is 0. The third-order valence-corrected chi connectivity index (χ3v) is 5.08. The lowest BCUT2D eigenvalue weighted by molar-refractivity contribution is 0.187. The second-order valence-electron chi connectivity index (χ2n) is 2.55. The molecular weight excluding hydrogens is 167 g/mol. The van der Waals surface area contributed by atoms with E-state index >= 15 is 0 Å². The van der Waals surface area contributed by atoms with E-state index in [0.717, 1.165) is 6.16 Å². The van der Waals surface area contributed by atoms with Gasteiger partial charge in [0, 0.05) is 6.16 Å². The molecule has 0 bridgehead atoms. The standard InChI is InChI=1S/C6H13O2PS/c1-4-9(10)7-5(2)6(3)8-9/h5-6H,4H2,1-3H3/t5-,6+,9?. The van der Waals surface area contributed by atoms with Crippen LogP contribution in [0.2, 0.25) is 0 Å². The Labute approximate surface area is 67.1 Å². The summed E-state index contributed by atoms with van der Waals surface area (Å²) in [7, 11) is 0. The van der Waals surface area contributed by atoms with Gasteiger partial charge in [-0.1, -0.05) is 6.92 Å². The second kappa shape index (κ2) is 2.90. The minimum Gasteiger partial charge on any atom is -0.323 e. The van der Waals surface area contributed by atoms with Crippen molar-refractivity contribution < 1.29 is 9.05 Å². The van der Waals surface area contributed by atoms with E-state index in [4.69, 9.17) is 20.9 Å². The first-order valence-corrected chi connectivity index (χ1v) is 6.35. The molecule has 1 aliphatic heterocycles. The summed E-state index contributed by atoms with van der Waals surface area (Å²) in [6.07, 6.45) is 1.22. The van der Waals surface area contributed by atoms with Crippen molar-refractivity contribution in [2.24, 2.45) is 0 Å². The van der Waals surface area contributed by atoms with Crippen LogP contribution in [-0.4, -0.2) is 18.4 Å². The molecule has 3 atom stereocenters. The van der Waals surface area contributed by atoms with Crippen LogP contribution in [0.5, 0.6) is 0 Å². The Hall–Kier alpha value is 0.570. The van der Waals surface area contributed by atoms with Crippen molar-refractivity contribution in [1.82, 2.24) is 0 Å². The first-order valence-electron chi connectivity index (χ1n) is 3.53. The smallest absolute Gasteiger partial charge is 0.189 e. The van der Waals surface area contributed by atoms with Crippen LogP contribution in [0.4, 0.5) is 0 Å². The van der Waals surface area contributed by atoms with E-state index in [1.54, 1.807) is 0 Å². The highest BCUT2D eigenvalue weighted by molar-refractivity contribution is 8.10. The lowest BCUT2D eigenvalue weighted by atomic mass is 10.3. The van der Waals surface area contributed by atoms with Gasteiger partial charge in [0.25, 0.3) is 0 Å². The van der Waals surface area contributed by atoms with Crippen molar-refractivity contribution in [3.8, 4) is 0 Å². The fourth-order valence-electron chi connectivity index (χ4n) is 0.852. The van der Waals surface area contributed by atoms with Crippen molar-refractivity contribution in [3.05, 3.63) is 0 Å². The zero-order chi connectivity index (χ0) is 7.78. The summed E-state index contributed by atoms with van der Waals surface area (Å²) >= 11 is 5.19. The number of hydrogen-bond acceptors (Lipinski definition) is 3. The quantitative estimate of drug-likeness (QED) is 0.576. The van der Waals surface area contributed by atoms with Gasteiger partial charge >= 0.3 is 0 Å². The summed E-state index contributed by atoms with van der Waals surface area (Å²) in [5.41, 5.74) is 0.